The van der Waals surface area contributed by atoms with E-state index in [1.807, 2.05) is 37.4 Å². The lowest BCUT2D eigenvalue weighted by Gasteiger charge is -2.41. The third kappa shape index (κ3) is 1.58. The molecule has 0 radical (unpaired) electrons. The molecule has 4 nitrogen and oxygen atoms in total. The normalized spacial score (nSPS) is 34.1. The highest BCUT2D eigenvalue weighted by atomic mass is 16.4. The topological polar surface area (TPSA) is 52.9 Å². The van der Waals surface area contributed by atoms with Crippen LogP contribution in [0.2, 0.25) is 0 Å². The molecule has 0 spiro atoms. The van der Waals surface area contributed by atoms with E-state index < -0.39 is 5.41 Å². The molecule has 1 aromatic carbocycles. The van der Waals surface area contributed by atoms with Gasteiger partial charge in [0.2, 0.25) is 5.91 Å². The highest BCUT2D eigenvalue weighted by molar-refractivity contribution is 6.07. The van der Waals surface area contributed by atoms with Crippen molar-refractivity contribution in [2.75, 3.05) is 11.9 Å². The molecule has 1 amide bonds. The lowest BCUT2D eigenvalue weighted by molar-refractivity contribution is -0.132. The summed E-state index contributed by atoms with van der Waals surface area (Å²) >= 11 is 0. The Hall–Kier alpha value is -1.84. The minimum atomic E-state index is -0.478. The van der Waals surface area contributed by atoms with Crippen molar-refractivity contribution in [2.45, 2.75) is 40.0 Å². The van der Waals surface area contributed by atoms with Crippen molar-refractivity contribution in [3.63, 3.8) is 0 Å². The number of carbonyl (C=O) groups excluding carboxylic acids is 1. The summed E-state index contributed by atoms with van der Waals surface area (Å²) in [7, 11) is 1.84. The number of fused-ring (bicyclic) bond motifs is 2. The maximum Gasteiger partial charge on any atom is 0.233 e. The number of carbonyl (C=O) groups is 1. The summed E-state index contributed by atoms with van der Waals surface area (Å²) in [4.78, 5) is 15.1. The quantitative estimate of drug-likeness (QED) is 0.669. The number of benzene rings is 1. The van der Waals surface area contributed by atoms with Gasteiger partial charge in [0.15, 0.2) is 0 Å². The molecule has 118 valence electrons. The summed E-state index contributed by atoms with van der Waals surface area (Å²) in [5, 5.41) is 12.9. The summed E-state index contributed by atoms with van der Waals surface area (Å²) in [5.41, 5.74) is 0.782. The van der Waals surface area contributed by atoms with Crippen molar-refractivity contribution in [1.29, 1.82) is 0 Å². The zero-order valence-corrected chi connectivity index (χ0v) is 13.8. The summed E-state index contributed by atoms with van der Waals surface area (Å²) < 4.78 is 0. The van der Waals surface area contributed by atoms with Crippen LogP contribution in [-0.4, -0.2) is 23.9 Å². The molecule has 2 atom stereocenters. The maximum absolute atomic E-state index is 13.3. The Kier molecular flexibility index (Phi) is 3.13. The fourth-order valence-electron chi connectivity index (χ4n) is 4.60. The first kappa shape index (κ1) is 15.1. The molecule has 2 saturated carbocycles. The first-order valence-corrected chi connectivity index (χ1v) is 7.85. The summed E-state index contributed by atoms with van der Waals surface area (Å²) in [6, 6.07) is 9.73. The van der Waals surface area contributed by atoms with E-state index >= 15 is 0 Å². The number of amides is 1. The molecule has 3 rings (SSSR count). The molecule has 2 aliphatic carbocycles. The Morgan fingerprint density at radius 3 is 2.36 bits per heavy atom. The van der Waals surface area contributed by atoms with Gasteiger partial charge >= 0.3 is 0 Å². The van der Waals surface area contributed by atoms with Gasteiger partial charge in [-0.05, 0) is 30.4 Å². The van der Waals surface area contributed by atoms with Crippen LogP contribution in [0.1, 0.15) is 40.0 Å². The van der Waals surface area contributed by atoms with Gasteiger partial charge in [-0.3, -0.25) is 4.79 Å². The molecule has 1 N–H and O–H groups in total. The number of para-hydroxylation sites is 1. The van der Waals surface area contributed by atoms with Crippen molar-refractivity contribution in [3.05, 3.63) is 30.3 Å². The summed E-state index contributed by atoms with van der Waals surface area (Å²) in [6.07, 6.45) is 2.31. The van der Waals surface area contributed by atoms with Gasteiger partial charge < -0.3 is 10.1 Å². The minimum Gasteiger partial charge on any atom is -0.411 e. The summed E-state index contributed by atoms with van der Waals surface area (Å²) in [5.74, 6) is 0.131. The number of hydrogen-bond donors (Lipinski definition) is 1. The molecule has 2 bridgehead atoms. The molecule has 2 aliphatic rings. The zero-order chi connectivity index (χ0) is 16.2. The van der Waals surface area contributed by atoms with Crippen LogP contribution in [0, 0.1) is 16.2 Å². The van der Waals surface area contributed by atoms with E-state index in [0.29, 0.717) is 6.42 Å². The van der Waals surface area contributed by atoms with Crippen molar-refractivity contribution in [2.24, 2.45) is 21.4 Å². The van der Waals surface area contributed by atoms with E-state index in [2.05, 4.69) is 25.9 Å². The largest absolute Gasteiger partial charge is 0.411 e. The van der Waals surface area contributed by atoms with Gasteiger partial charge in [-0.2, -0.15) is 0 Å². The third-order valence-electron chi connectivity index (χ3n) is 6.71. The minimum absolute atomic E-state index is 0.131. The van der Waals surface area contributed by atoms with E-state index in [0.717, 1.165) is 24.2 Å². The van der Waals surface area contributed by atoms with Gasteiger partial charge in [-0.25, -0.2) is 0 Å². The average Bonchev–Trinajstić information content (AvgIpc) is 2.84. The van der Waals surface area contributed by atoms with Crippen LogP contribution >= 0.6 is 0 Å². The van der Waals surface area contributed by atoms with E-state index in [4.69, 9.17) is 0 Å². The monoisotopic (exact) mass is 300 g/mol. The Balaban J connectivity index is 2.03. The van der Waals surface area contributed by atoms with Gasteiger partial charge in [0.05, 0.1) is 11.1 Å². The van der Waals surface area contributed by atoms with Crippen molar-refractivity contribution in [1.82, 2.24) is 0 Å². The first-order valence-electron chi connectivity index (χ1n) is 7.85. The molecule has 0 saturated heterocycles. The van der Waals surface area contributed by atoms with Crippen molar-refractivity contribution in [3.8, 4) is 0 Å². The fraction of sp³-hybridized carbons (Fsp3) is 0.556. The highest BCUT2D eigenvalue weighted by Gasteiger charge is 2.72. The summed E-state index contributed by atoms with van der Waals surface area (Å²) in [6.45, 7) is 6.43. The maximum atomic E-state index is 13.3. The van der Waals surface area contributed by atoms with E-state index in [-0.39, 0.29) is 16.7 Å². The van der Waals surface area contributed by atoms with Crippen molar-refractivity contribution < 1.29 is 10.0 Å². The van der Waals surface area contributed by atoms with Crippen LogP contribution in [-0.2, 0) is 4.79 Å². The van der Waals surface area contributed by atoms with Gasteiger partial charge in [0.1, 0.15) is 0 Å². The Morgan fingerprint density at radius 2 is 1.82 bits per heavy atom. The SMILES string of the molecule is CN(C(=O)C12CCC(C)(/C(=N/O)C1)C2(C)C)c1ccccc1. The Labute approximate surface area is 131 Å². The Bertz CT molecular complexity index is 638. The molecule has 0 heterocycles. The van der Waals surface area contributed by atoms with E-state index in [1.54, 1.807) is 4.90 Å². The second kappa shape index (κ2) is 4.58. The molecular weight excluding hydrogens is 276 g/mol. The smallest absolute Gasteiger partial charge is 0.233 e. The lowest BCUT2D eigenvalue weighted by Crippen LogP contribution is -2.47. The molecule has 0 aromatic heterocycles. The number of oxime groups is 1. The molecule has 2 fully saturated rings. The highest BCUT2D eigenvalue weighted by Crippen LogP contribution is 2.71. The van der Waals surface area contributed by atoms with Gasteiger partial charge in [0.25, 0.3) is 0 Å². The molecule has 0 aliphatic heterocycles. The standard InChI is InChI=1S/C18H24N2O2/c1-16(2)17(3)10-11-18(16,12-14(17)19-22)15(21)20(4)13-8-6-5-7-9-13/h5-9,22H,10-12H2,1-4H3/b19-14+. The molecular formula is C18H24N2O2. The average molecular weight is 300 g/mol. The first-order chi connectivity index (χ1) is 10.3. The molecule has 1 aromatic rings. The second-order valence-corrected chi connectivity index (χ2v) is 7.46. The predicted octanol–water partition coefficient (Wildman–Crippen LogP) is 3.70. The number of anilines is 1. The van der Waals surface area contributed by atoms with Crippen LogP contribution < -0.4 is 4.90 Å². The zero-order valence-electron chi connectivity index (χ0n) is 13.8. The lowest BCUT2D eigenvalue weighted by atomic mass is 9.64. The van der Waals surface area contributed by atoms with Crippen LogP contribution in [0.3, 0.4) is 0 Å². The van der Waals surface area contributed by atoms with Gasteiger partial charge in [-0.1, -0.05) is 44.1 Å². The van der Waals surface area contributed by atoms with Gasteiger partial charge in [-0.15, -0.1) is 0 Å². The number of rotatable bonds is 2. The molecule has 4 heteroatoms. The molecule has 2 unspecified atom stereocenters. The Morgan fingerprint density at radius 1 is 1.18 bits per heavy atom. The second-order valence-electron chi connectivity index (χ2n) is 7.46. The van der Waals surface area contributed by atoms with Crippen molar-refractivity contribution >= 4 is 17.3 Å². The van der Waals surface area contributed by atoms with Crippen LogP contribution in [0.5, 0.6) is 0 Å². The van der Waals surface area contributed by atoms with E-state index in [9.17, 15) is 10.0 Å². The van der Waals surface area contributed by atoms with Crippen LogP contribution in [0.4, 0.5) is 5.69 Å². The van der Waals surface area contributed by atoms with E-state index in [1.165, 1.54) is 0 Å². The van der Waals surface area contributed by atoms with Gasteiger partial charge in [0, 0.05) is 24.6 Å². The fourth-order valence-corrected chi connectivity index (χ4v) is 4.60. The molecule has 22 heavy (non-hydrogen) atoms. The van der Waals surface area contributed by atoms with Crippen LogP contribution in [0.25, 0.3) is 0 Å². The predicted molar refractivity (Wildman–Crippen MR) is 87.2 cm³/mol. The third-order valence-corrected chi connectivity index (χ3v) is 6.71. The number of hydrogen-bond acceptors (Lipinski definition) is 3. The number of nitrogens with zero attached hydrogens (tertiary/aromatic N) is 2. The van der Waals surface area contributed by atoms with Crippen LogP contribution in [0.15, 0.2) is 35.5 Å².